The minimum Gasteiger partial charge on any atom is -0.356 e. The summed E-state index contributed by atoms with van der Waals surface area (Å²) < 4.78 is 0. The SMILES string of the molecule is CC(CN)CNC(=O)CCc1nc2sc3c(c2c(=O)[nH]1)CCC(C)C3. The number of nitrogens with one attached hydrogen (secondary N) is 2. The molecule has 0 saturated carbocycles. The van der Waals surface area contributed by atoms with Gasteiger partial charge in [-0.2, -0.15) is 0 Å². The first-order valence-corrected chi connectivity index (χ1v) is 9.79. The predicted octanol–water partition coefficient (Wildman–Crippen LogP) is 1.75. The highest BCUT2D eigenvalue weighted by molar-refractivity contribution is 7.18. The molecule has 2 aromatic rings. The minimum absolute atomic E-state index is 0.0395. The molecule has 25 heavy (non-hydrogen) atoms. The number of fused-ring (bicyclic) bond motifs is 3. The molecular formula is C18H26N4O2S. The van der Waals surface area contributed by atoms with Crippen LogP contribution in [-0.2, 0) is 24.1 Å². The molecule has 0 saturated heterocycles. The molecule has 4 N–H and O–H groups in total. The van der Waals surface area contributed by atoms with Crippen molar-refractivity contribution in [3.8, 4) is 0 Å². The number of aromatic nitrogens is 2. The quantitative estimate of drug-likeness (QED) is 0.729. The van der Waals surface area contributed by atoms with E-state index >= 15 is 0 Å². The molecule has 1 aliphatic carbocycles. The molecule has 0 radical (unpaired) electrons. The zero-order chi connectivity index (χ0) is 18.0. The van der Waals surface area contributed by atoms with Crippen molar-refractivity contribution in [2.45, 2.75) is 46.0 Å². The van der Waals surface area contributed by atoms with Crippen molar-refractivity contribution < 1.29 is 4.79 Å². The maximum atomic E-state index is 12.5. The highest BCUT2D eigenvalue weighted by atomic mass is 32.1. The van der Waals surface area contributed by atoms with E-state index < -0.39 is 0 Å². The number of carbonyl (C=O) groups is 1. The number of H-pyrrole nitrogens is 1. The molecule has 7 heteroatoms. The van der Waals surface area contributed by atoms with Crippen LogP contribution in [0.3, 0.4) is 0 Å². The van der Waals surface area contributed by atoms with Crippen LogP contribution < -0.4 is 16.6 Å². The van der Waals surface area contributed by atoms with Crippen molar-refractivity contribution >= 4 is 27.5 Å². The summed E-state index contributed by atoms with van der Waals surface area (Å²) >= 11 is 1.64. The third-order valence-electron chi connectivity index (χ3n) is 4.85. The fourth-order valence-electron chi connectivity index (χ4n) is 3.20. The second-order valence-electron chi connectivity index (χ2n) is 7.19. The summed E-state index contributed by atoms with van der Waals surface area (Å²) in [6.07, 6.45) is 3.87. The van der Waals surface area contributed by atoms with E-state index in [1.165, 1.54) is 10.4 Å². The highest BCUT2D eigenvalue weighted by Gasteiger charge is 2.23. The first kappa shape index (κ1) is 18.1. The highest BCUT2D eigenvalue weighted by Crippen LogP contribution is 2.35. The maximum absolute atomic E-state index is 12.5. The number of carbonyl (C=O) groups excluding carboxylic acids is 1. The molecule has 0 aliphatic heterocycles. The van der Waals surface area contributed by atoms with Crippen LogP contribution >= 0.6 is 11.3 Å². The number of aryl methyl sites for hydroxylation is 2. The summed E-state index contributed by atoms with van der Waals surface area (Å²) in [5, 5.41) is 3.62. The smallest absolute Gasteiger partial charge is 0.259 e. The number of hydrogen-bond acceptors (Lipinski definition) is 5. The van der Waals surface area contributed by atoms with Gasteiger partial charge in [-0.1, -0.05) is 13.8 Å². The van der Waals surface area contributed by atoms with E-state index in [1.807, 2.05) is 6.92 Å². The fraction of sp³-hybridized carbons (Fsp3) is 0.611. The summed E-state index contributed by atoms with van der Waals surface area (Å²) in [6.45, 7) is 5.37. The molecule has 0 bridgehead atoms. The standard InChI is InChI=1S/C18H26N4O2S/c1-10-3-4-12-13(7-10)25-18-16(12)17(24)21-14(22-18)5-6-15(23)20-9-11(2)8-19/h10-11H,3-9,19H2,1-2H3,(H,20,23)(H,21,22,24). The summed E-state index contributed by atoms with van der Waals surface area (Å²) in [7, 11) is 0. The zero-order valence-corrected chi connectivity index (χ0v) is 15.7. The van der Waals surface area contributed by atoms with E-state index in [1.54, 1.807) is 11.3 Å². The molecule has 2 aromatic heterocycles. The summed E-state index contributed by atoms with van der Waals surface area (Å²) in [6, 6.07) is 0. The van der Waals surface area contributed by atoms with Crippen molar-refractivity contribution in [2.75, 3.05) is 13.1 Å². The molecule has 0 fully saturated rings. The summed E-state index contributed by atoms with van der Waals surface area (Å²) in [5.41, 5.74) is 6.66. The van der Waals surface area contributed by atoms with E-state index in [2.05, 4.69) is 22.2 Å². The zero-order valence-electron chi connectivity index (χ0n) is 14.9. The van der Waals surface area contributed by atoms with Crippen molar-refractivity contribution in [2.24, 2.45) is 17.6 Å². The number of rotatable bonds is 6. The lowest BCUT2D eigenvalue weighted by Crippen LogP contribution is -2.31. The van der Waals surface area contributed by atoms with Gasteiger partial charge in [-0.15, -0.1) is 11.3 Å². The Morgan fingerprint density at radius 3 is 3.08 bits per heavy atom. The Bertz CT molecular complexity index is 826. The van der Waals surface area contributed by atoms with Gasteiger partial charge >= 0.3 is 0 Å². The largest absolute Gasteiger partial charge is 0.356 e. The second kappa shape index (κ2) is 7.66. The van der Waals surface area contributed by atoms with E-state index in [-0.39, 0.29) is 17.4 Å². The molecule has 6 nitrogen and oxygen atoms in total. The normalized spacial score (nSPS) is 18.1. The van der Waals surface area contributed by atoms with Crippen LogP contribution in [0, 0.1) is 11.8 Å². The number of aromatic amines is 1. The molecule has 0 aromatic carbocycles. The molecule has 1 amide bonds. The van der Waals surface area contributed by atoms with Crippen molar-refractivity contribution in [3.63, 3.8) is 0 Å². The van der Waals surface area contributed by atoms with Crippen LogP contribution in [-0.4, -0.2) is 29.0 Å². The second-order valence-corrected chi connectivity index (χ2v) is 8.27. The van der Waals surface area contributed by atoms with Crippen LogP contribution in [0.1, 0.15) is 43.0 Å². The number of thiophene rings is 1. The monoisotopic (exact) mass is 362 g/mol. The van der Waals surface area contributed by atoms with Crippen LogP contribution in [0.15, 0.2) is 4.79 Å². The minimum atomic E-state index is -0.0655. The Hall–Kier alpha value is -1.73. The molecule has 136 valence electrons. The molecule has 1 aliphatic rings. The molecule has 3 rings (SSSR count). The molecule has 2 unspecified atom stereocenters. The average Bonchev–Trinajstić information content (AvgIpc) is 2.95. The number of hydrogen-bond donors (Lipinski definition) is 3. The Kier molecular flexibility index (Phi) is 5.54. The van der Waals surface area contributed by atoms with Gasteiger partial charge in [0.25, 0.3) is 5.56 Å². The number of nitrogens with zero attached hydrogens (tertiary/aromatic N) is 1. The molecule has 0 spiro atoms. The first-order valence-electron chi connectivity index (χ1n) is 8.98. The van der Waals surface area contributed by atoms with Crippen LogP contribution in [0.2, 0.25) is 0 Å². The van der Waals surface area contributed by atoms with Crippen LogP contribution in [0.5, 0.6) is 0 Å². The van der Waals surface area contributed by atoms with Crippen molar-refractivity contribution in [3.05, 3.63) is 26.6 Å². The third kappa shape index (κ3) is 4.10. The van der Waals surface area contributed by atoms with Gasteiger partial charge in [0.05, 0.1) is 5.39 Å². The van der Waals surface area contributed by atoms with Gasteiger partial charge in [0.2, 0.25) is 5.91 Å². The van der Waals surface area contributed by atoms with Gasteiger partial charge in [-0.25, -0.2) is 4.98 Å². The van der Waals surface area contributed by atoms with Gasteiger partial charge < -0.3 is 16.0 Å². The van der Waals surface area contributed by atoms with Crippen molar-refractivity contribution in [1.82, 2.24) is 15.3 Å². The lowest BCUT2D eigenvalue weighted by Gasteiger charge is -2.17. The summed E-state index contributed by atoms with van der Waals surface area (Å²) in [5.74, 6) is 1.48. The van der Waals surface area contributed by atoms with E-state index in [9.17, 15) is 9.59 Å². The Morgan fingerprint density at radius 1 is 1.52 bits per heavy atom. The van der Waals surface area contributed by atoms with Gasteiger partial charge in [0.15, 0.2) is 0 Å². The Morgan fingerprint density at radius 2 is 2.32 bits per heavy atom. The topological polar surface area (TPSA) is 101 Å². The molecular weight excluding hydrogens is 336 g/mol. The predicted molar refractivity (Wildman–Crippen MR) is 101 cm³/mol. The van der Waals surface area contributed by atoms with Gasteiger partial charge in [-0.05, 0) is 43.2 Å². The molecule has 2 heterocycles. The Balaban J connectivity index is 1.71. The number of nitrogens with two attached hydrogens (primary N) is 1. The van der Waals surface area contributed by atoms with Gasteiger partial charge in [-0.3, -0.25) is 9.59 Å². The average molecular weight is 362 g/mol. The van der Waals surface area contributed by atoms with Gasteiger partial charge in [0, 0.05) is 24.3 Å². The van der Waals surface area contributed by atoms with E-state index in [0.717, 1.165) is 29.5 Å². The van der Waals surface area contributed by atoms with E-state index in [4.69, 9.17) is 5.73 Å². The third-order valence-corrected chi connectivity index (χ3v) is 6.00. The Labute approximate surface area is 151 Å². The lowest BCUT2D eigenvalue weighted by atomic mass is 9.89. The van der Waals surface area contributed by atoms with Crippen molar-refractivity contribution in [1.29, 1.82) is 0 Å². The summed E-state index contributed by atoms with van der Waals surface area (Å²) in [4.78, 5) is 34.0. The fourth-order valence-corrected chi connectivity index (χ4v) is 4.61. The first-order chi connectivity index (χ1) is 12.0. The maximum Gasteiger partial charge on any atom is 0.259 e. The van der Waals surface area contributed by atoms with Crippen LogP contribution in [0.4, 0.5) is 0 Å². The van der Waals surface area contributed by atoms with Crippen LogP contribution in [0.25, 0.3) is 10.2 Å². The number of amides is 1. The van der Waals surface area contributed by atoms with E-state index in [0.29, 0.717) is 37.7 Å². The lowest BCUT2D eigenvalue weighted by molar-refractivity contribution is -0.121. The molecule has 2 atom stereocenters. The van der Waals surface area contributed by atoms with Gasteiger partial charge in [0.1, 0.15) is 10.7 Å².